The lowest BCUT2D eigenvalue weighted by atomic mass is 10.0. The van der Waals surface area contributed by atoms with E-state index < -0.39 is 23.2 Å². The lowest BCUT2D eigenvalue weighted by Gasteiger charge is -2.17. The van der Waals surface area contributed by atoms with Crippen molar-refractivity contribution < 1.29 is 22.7 Å². The fraction of sp³-hybridized carbons (Fsp3) is 0.316. The second kappa shape index (κ2) is 8.63. The molecule has 0 radical (unpaired) electrons. The maximum atomic E-state index is 13.0. The second-order valence-corrected chi connectivity index (χ2v) is 6.58. The highest BCUT2D eigenvalue weighted by atomic mass is 35.5. The molecule has 2 N–H and O–H groups in total. The van der Waals surface area contributed by atoms with Crippen molar-refractivity contribution in [2.24, 2.45) is 0 Å². The molecule has 0 saturated carbocycles. The van der Waals surface area contributed by atoms with E-state index in [-0.39, 0.29) is 17.1 Å². The Balaban J connectivity index is 2.02. The van der Waals surface area contributed by atoms with Crippen molar-refractivity contribution in [3.05, 3.63) is 58.1 Å². The molecule has 0 aromatic heterocycles. The van der Waals surface area contributed by atoms with E-state index in [4.69, 9.17) is 22.1 Å². The highest BCUT2D eigenvalue weighted by Crippen LogP contribution is 2.37. The standard InChI is InChI=1S/C19H20ClF3N2O2/c1-25(8-7-12-3-5-14(27-2)6-4-12)11-17(26)13-9-15(19(21,22)23)18(24)16(20)10-13/h3-6,9-10H,7-8,11,24H2,1-2H3. The summed E-state index contributed by atoms with van der Waals surface area (Å²) in [5.74, 6) is 0.294. The fourth-order valence-corrected chi connectivity index (χ4v) is 2.76. The van der Waals surface area contributed by atoms with Crippen LogP contribution in [-0.4, -0.2) is 37.9 Å². The number of hydrogen-bond acceptors (Lipinski definition) is 4. The number of ketones is 1. The van der Waals surface area contributed by atoms with E-state index in [2.05, 4.69) is 0 Å². The minimum atomic E-state index is -4.68. The van der Waals surface area contributed by atoms with Gasteiger partial charge in [0.05, 0.1) is 29.9 Å². The van der Waals surface area contributed by atoms with Gasteiger partial charge in [0.2, 0.25) is 0 Å². The van der Waals surface area contributed by atoms with Crippen LogP contribution in [0.3, 0.4) is 0 Å². The number of benzene rings is 2. The van der Waals surface area contributed by atoms with Crippen LogP contribution in [0.1, 0.15) is 21.5 Å². The molecule has 0 atom stereocenters. The Morgan fingerprint density at radius 3 is 2.41 bits per heavy atom. The summed E-state index contributed by atoms with van der Waals surface area (Å²) in [6.07, 6.45) is -3.99. The number of anilines is 1. The third-order valence-corrected chi connectivity index (χ3v) is 4.42. The average molecular weight is 401 g/mol. The normalized spacial score (nSPS) is 11.7. The number of methoxy groups -OCH3 is 1. The minimum absolute atomic E-state index is 0.0340. The summed E-state index contributed by atoms with van der Waals surface area (Å²) in [5.41, 5.74) is 4.66. The molecule has 0 aliphatic rings. The number of ether oxygens (including phenoxy) is 1. The topological polar surface area (TPSA) is 55.6 Å². The van der Waals surface area contributed by atoms with Crippen LogP contribution < -0.4 is 10.5 Å². The van der Waals surface area contributed by atoms with Crippen LogP contribution in [0.2, 0.25) is 5.02 Å². The van der Waals surface area contributed by atoms with Gasteiger partial charge < -0.3 is 10.5 Å². The number of nitrogens with two attached hydrogens (primary N) is 1. The molecule has 8 heteroatoms. The van der Waals surface area contributed by atoms with E-state index in [0.29, 0.717) is 13.0 Å². The summed E-state index contributed by atoms with van der Waals surface area (Å²) in [5, 5.41) is -0.283. The number of carbonyl (C=O) groups is 1. The van der Waals surface area contributed by atoms with Crippen molar-refractivity contribution in [1.29, 1.82) is 0 Å². The SMILES string of the molecule is COc1ccc(CCN(C)CC(=O)c2cc(Cl)c(N)c(C(F)(F)F)c2)cc1. The molecule has 146 valence electrons. The lowest BCUT2D eigenvalue weighted by Crippen LogP contribution is -2.28. The summed E-state index contributed by atoms with van der Waals surface area (Å²) in [6.45, 7) is 0.528. The van der Waals surface area contributed by atoms with E-state index in [1.54, 1.807) is 19.1 Å². The second-order valence-electron chi connectivity index (χ2n) is 6.18. The number of rotatable bonds is 7. The Labute approximate surface area is 160 Å². The van der Waals surface area contributed by atoms with Gasteiger partial charge in [-0.25, -0.2) is 0 Å². The van der Waals surface area contributed by atoms with Crippen LogP contribution in [0.4, 0.5) is 18.9 Å². The Morgan fingerprint density at radius 2 is 1.85 bits per heavy atom. The summed E-state index contributed by atoms with van der Waals surface area (Å²) < 4.78 is 44.2. The zero-order valence-electron chi connectivity index (χ0n) is 14.9. The number of Topliss-reactive ketones (excluding diaryl/α,β-unsaturated/α-hetero) is 1. The molecule has 4 nitrogen and oxygen atoms in total. The maximum Gasteiger partial charge on any atom is 0.418 e. The smallest absolute Gasteiger partial charge is 0.418 e. The highest BCUT2D eigenvalue weighted by molar-refractivity contribution is 6.33. The van der Waals surface area contributed by atoms with Crippen LogP contribution in [0.25, 0.3) is 0 Å². The predicted molar refractivity (Wildman–Crippen MR) is 99.4 cm³/mol. The third-order valence-electron chi connectivity index (χ3n) is 4.11. The molecule has 0 bridgehead atoms. The van der Waals surface area contributed by atoms with Crippen LogP contribution in [0.15, 0.2) is 36.4 Å². The van der Waals surface area contributed by atoms with Gasteiger partial charge in [-0.3, -0.25) is 9.69 Å². The zero-order chi connectivity index (χ0) is 20.2. The van der Waals surface area contributed by atoms with E-state index in [0.717, 1.165) is 17.4 Å². The van der Waals surface area contributed by atoms with E-state index in [9.17, 15) is 18.0 Å². The van der Waals surface area contributed by atoms with Gasteiger partial charge in [0.1, 0.15) is 5.75 Å². The molecule has 0 spiro atoms. The number of nitrogens with zero attached hydrogens (tertiary/aromatic N) is 1. The molecule has 0 aliphatic heterocycles. The quantitative estimate of drug-likeness (QED) is 0.556. The molecule has 2 aromatic carbocycles. The summed E-state index contributed by atoms with van der Waals surface area (Å²) >= 11 is 5.77. The molecule has 0 unspecified atom stereocenters. The van der Waals surface area contributed by atoms with Crippen molar-refractivity contribution >= 4 is 23.1 Å². The largest absolute Gasteiger partial charge is 0.497 e. The number of halogens is 4. The van der Waals surface area contributed by atoms with Gasteiger partial charge in [0.15, 0.2) is 5.78 Å². The number of nitrogen functional groups attached to an aromatic ring is 1. The number of alkyl halides is 3. The Kier molecular flexibility index (Phi) is 6.73. The van der Waals surface area contributed by atoms with Crippen LogP contribution in [0.5, 0.6) is 5.75 Å². The van der Waals surface area contributed by atoms with E-state index in [1.165, 1.54) is 6.07 Å². The molecular formula is C19H20ClF3N2O2. The predicted octanol–water partition coefficient (Wildman–Crippen LogP) is 4.31. The first-order valence-electron chi connectivity index (χ1n) is 8.12. The molecule has 0 fully saturated rings. The summed E-state index contributed by atoms with van der Waals surface area (Å²) in [6, 6.07) is 9.45. The van der Waals surface area contributed by atoms with Crippen LogP contribution in [-0.2, 0) is 12.6 Å². The third kappa shape index (κ3) is 5.61. The Morgan fingerprint density at radius 1 is 1.22 bits per heavy atom. The number of carbonyl (C=O) groups excluding carboxylic acids is 1. The molecule has 0 amide bonds. The lowest BCUT2D eigenvalue weighted by molar-refractivity contribution is -0.136. The van der Waals surface area contributed by atoms with E-state index >= 15 is 0 Å². The van der Waals surface area contributed by atoms with Crippen molar-refractivity contribution in [3.8, 4) is 5.75 Å². The first-order chi connectivity index (χ1) is 12.6. The minimum Gasteiger partial charge on any atom is -0.497 e. The highest BCUT2D eigenvalue weighted by Gasteiger charge is 2.34. The molecular weight excluding hydrogens is 381 g/mol. The van der Waals surface area contributed by atoms with Crippen LogP contribution >= 0.6 is 11.6 Å². The molecule has 2 aromatic rings. The monoisotopic (exact) mass is 400 g/mol. The fourth-order valence-electron chi connectivity index (χ4n) is 2.54. The first kappa shape index (κ1) is 21.1. The van der Waals surface area contributed by atoms with Gasteiger partial charge in [-0.2, -0.15) is 13.2 Å². The first-order valence-corrected chi connectivity index (χ1v) is 8.50. The average Bonchev–Trinajstić information content (AvgIpc) is 2.61. The Hall–Kier alpha value is -2.25. The molecule has 27 heavy (non-hydrogen) atoms. The van der Waals surface area contributed by atoms with Gasteiger partial charge >= 0.3 is 6.18 Å². The van der Waals surface area contributed by atoms with Crippen molar-refractivity contribution in [3.63, 3.8) is 0 Å². The number of likely N-dealkylation sites (N-methyl/N-ethyl adjacent to an activating group) is 1. The Bertz CT molecular complexity index is 808. The van der Waals surface area contributed by atoms with Gasteiger partial charge in [0.25, 0.3) is 0 Å². The van der Waals surface area contributed by atoms with Crippen molar-refractivity contribution in [2.75, 3.05) is 33.0 Å². The summed E-state index contributed by atoms with van der Waals surface area (Å²) in [7, 11) is 3.31. The van der Waals surface area contributed by atoms with Gasteiger partial charge in [-0.15, -0.1) is 0 Å². The summed E-state index contributed by atoms with van der Waals surface area (Å²) in [4.78, 5) is 14.1. The molecule has 0 aliphatic carbocycles. The molecule has 0 heterocycles. The van der Waals surface area contributed by atoms with Crippen molar-refractivity contribution in [1.82, 2.24) is 4.90 Å². The van der Waals surface area contributed by atoms with Crippen LogP contribution in [0, 0.1) is 0 Å². The van der Waals surface area contributed by atoms with E-state index in [1.807, 2.05) is 24.3 Å². The van der Waals surface area contributed by atoms with Gasteiger partial charge in [-0.05, 0) is 43.3 Å². The number of hydrogen-bond donors (Lipinski definition) is 1. The van der Waals surface area contributed by atoms with Gasteiger partial charge in [0, 0.05) is 12.1 Å². The maximum absolute atomic E-state index is 13.0. The zero-order valence-corrected chi connectivity index (χ0v) is 15.7. The molecule has 2 rings (SSSR count). The van der Waals surface area contributed by atoms with Crippen molar-refractivity contribution in [2.45, 2.75) is 12.6 Å². The molecule has 0 saturated heterocycles. The van der Waals surface area contributed by atoms with Gasteiger partial charge in [-0.1, -0.05) is 23.7 Å².